The van der Waals surface area contributed by atoms with Crippen LogP contribution in [0.4, 0.5) is 0 Å². The molecule has 0 saturated heterocycles. The highest BCUT2D eigenvalue weighted by molar-refractivity contribution is 5.71. The molecule has 96 valence electrons. The molecule has 0 aromatic heterocycles. The van der Waals surface area contributed by atoms with Crippen LogP contribution in [0.5, 0.6) is 0 Å². The second kappa shape index (κ2) is 5.71. The minimum atomic E-state index is 1.10. The first kappa shape index (κ1) is 13.4. The maximum atomic E-state index is 3.97. The van der Waals surface area contributed by atoms with Crippen LogP contribution in [-0.4, -0.2) is 0 Å². The zero-order valence-corrected chi connectivity index (χ0v) is 11.9. The van der Waals surface area contributed by atoms with Crippen LogP contribution in [0.15, 0.2) is 55.1 Å². The summed E-state index contributed by atoms with van der Waals surface area (Å²) in [6.45, 7) is 10.2. The summed E-state index contributed by atoms with van der Waals surface area (Å²) in [4.78, 5) is 0. The molecule has 2 aromatic carbocycles. The topological polar surface area (TPSA) is 0 Å². The van der Waals surface area contributed by atoms with E-state index < -0.39 is 0 Å². The molecule has 0 spiro atoms. The maximum absolute atomic E-state index is 3.97. The van der Waals surface area contributed by atoms with Gasteiger partial charge >= 0.3 is 0 Å². The van der Waals surface area contributed by atoms with Gasteiger partial charge in [-0.25, -0.2) is 0 Å². The van der Waals surface area contributed by atoms with Gasteiger partial charge in [0.15, 0.2) is 0 Å². The molecule has 0 aliphatic rings. The Hall–Kier alpha value is -2.08. The van der Waals surface area contributed by atoms with Crippen molar-refractivity contribution in [1.82, 2.24) is 0 Å². The molecular formula is C19H20. The molecule has 0 nitrogen and oxygen atoms in total. The third-order valence-corrected chi connectivity index (χ3v) is 3.34. The first-order chi connectivity index (χ1) is 9.11. The van der Waals surface area contributed by atoms with E-state index in [9.17, 15) is 0 Å². The quantitative estimate of drug-likeness (QED) is 0.651. The van der Waals surface area contributed by atoms with Crippen molar-refractivity contribution < 1.29 is 0 Å². The van der Waals surface area contributed by atoms with E-state index in [-0.39, 0.29) is 0 Å². The van der Waals surface area contributed by atoms with E-state index >= 15 is 0 Å². The summed E-state index contributed by atoms with van der Waals surface area (Å²) in [5.74, 6) is 0. The minimum absolute atomic E-state index is 1.10. The number of benzene rings is 2. The van der Waals surface area contributed by atoms with Crippen molar-refractivity contribution in [1.29, 1.82) is 0 Å². The smallest absolute Gasteiger partial charge is 0.0178 e. The molecule has 0 atom stereocenters. The van der Waals surface area contributed by atoms with Crippen molar-refractivity contribution in [2.24, 2.45) is 0 Å². The number of hydrogen-bond donors (Lipinski definition) is 0. The lowest BCUT2D eigenvalue weighted by atomic mass is 9.98. The fourth-order valence-electron chi connectivity index (χ4n) is 2.13. The van der Waals surface area contributed by atoms with E-state index in [4.69, 9.17) is 0 Å². The fraction of sp³-hybridized carbons (Fsp3) is 0.158. The average Bonchev–Trinajstić information content (AvgIpc) is 2.41. The third-order valence-electron chi connectivity index (χ3n) is 3.34. The molecule has 0 aliphatic carbocycles. The molecule has 19 heavy (non-hydrogen) atoms. The normalized spacial score (nSPS) is 10.9. The van der Waals surface area contributed by atoms with Gasteiger partial charge in [0.1, 0.15) is 0 Å². The summed E-state index contributed by atoms with van der Waals surface area (Å²) in [6, 6.07) is 15.2. The number of aryl methyl sites for hydroxylation is 1. The number of rotatable bonds is 3. The van der Waals surface area contributed by atoms with Gasteiger partial charge in [-0.1, -0.05) is 60.7 Å². The summed E-state index contributed by atoms with van der Waals surface area (Å²) in [6.07, 6.45) is 4.23. The minimum Gasteiger partial charge on any atom is -0.0955 e. The third kappa shape index (κ3) is 3.03. The Labute approximate surface area is 116 Å². The van der Waals surface area contributed by atoms with Crippen molar-refractivity contribution in [3.05, 3.63) is 71.8 Å². The lowest BCUT2D eigenvalue weighted by Crippen LogP contribution is -1.85. The molecule has 0 heteroatoms. The van der Waals surface area contributed by atoms with Gasteiger partial charge < -0.3 is 0 Å². The van der Waals surface area contributed by atoms with Gasteiger partial charge in [0.25, 0.3) is 0 Å². The zero-order chi connectivity index (χ0) is 13.8. The van der Waals surface area contributed by atoms with Crippen LogP contribution >= 0.6 is 0 Å². The van der Waals surface area contributed by atoms with E-state index in [2.05, 4.69) is 68.1 Å². The summed E-state index contributed by atoms with van der Waals surface area (Å²) >= 11 is 0. The molecule has 0 aliphatic heterocycles. The van der Waals surface area contributed by atoms with Crippen molar-refractivity contribution in [3.8, 4) is 11.1 Å². The van der Waals surface area contributed by atoms with E-state index in [1.165, 1.54) is 27.8 Å². The Morgan fingerprint density at radius 3 is 2.21 bits per heavy atom. The summed E-state index contributed by atoms with van der Waals surface area (Å²) in [5, 5.41) is 0. The molecule has 0 saturated carbocycles. The highest BCUT2D eigenvalue weighted by atomic mass is 14.1. The Morgan fingerprint density at radius 2 is 1.63 bits per heavy atom. The summed E-state index contributed by atoms with van der Waals surface area (Å²) in [7, 11) is 0. The second-order valence-electron chi connectivity index (χ2n) is 4.93. The van der Waals surface area contributed by atoms with Gasteiger partial charge in [0.2, 0.25) is 0 Å². The fourth-order valence-corrected chi connectivity index (χ4v) is 2.13. The lowest BCUT2D eigenvalue weighted by Gasteiger charge is -2.07. The maximum Gasteiger partial charge on any atom is -0.0178 e. The van der Waals surface area contributed by atoms with Gasteiger partial charge in [0.05, 0.1) is 0 Å². The molecule has 0 radical (unpaired) electrons. The van der Waals surface area contributed by atoms with Crippen molar-refractivity contribution in [2.45, 2.75) is 20.8 Å². The van der Waals surface area contributed by atoms with E-state index in [0.717, 1.165) is 5.57 Å². The average molecular weight is 248 g/mol. The molecule has 0 bridgehead atoms. The van der Waals surface area contributed by atoms with Crippen LogP contribution in [0, 0.1) is 6.92 Å². The van der Waals surface area contributed by atoms with E-state index in [1.807, 2.05) is 13.8 Å². The SMILES string of the molecule is C=C(C)c1ccc(-c2ccc(C)c(/C=C\C)c2)cc1. The van der Waals surface area contributed by atoms with E-state index in [0.29, 0.717) is 0 Å². The van der Waals surface area contributed by atoms with Crippen LogP contribution in [0.25, 0.3) is 22.8 Å². The zero-order valence-electron chi connectivity index (χ0n) is 11.9. The van der Waals surface area contributed by atoms with Gasteiger partial charge in [-0.05, 0) is 54.7 Å². The van der Waals surface area contributed by atoms with Crippen LogP contribution in [0.3, 0.4) is 0 Å². The first-order valence-electron chi connectivity index (χ1n) is 6.61. The van der Waals surface area contributed by atoms with E-state index in [1.54, 1.807) is 0 Å². The first-order valence-corrected chi connectivity index (χ1v) is 6.61. The number of hydrogen-bond acceptors (Lipinski definition) is 0. The van der Waals surface area contributed by atoms with Crippen LogP contribution in [0.2, 0.25) is 0 Å². The molecule has 0 unspecified atom stereocenters. The van der Waals surface area contributed by atoms with Crippen LogP contribution in [-0.2, 0) is 0 Å². The Morgan fingerprint density at radius 1 is 1.00 bits per heavy atom. The largest absolute Gasteiger partial charge is 0.0955 e. The van der Waals surface area contributed by atoms with Crippen molar-refractivity contribution >= 4 is 11.6 Å². The molecule has 2 aromatic rings. The molecule has 0 heterocycles. The lowest BCUT2D eigenvalue weighted by molar-refractivity contribution is 1.43. The Balaban J connectivity index is 2.41. The standard InChI is InChI=1S/C19H20/c1-5-6-18-13-19(8-7-15(18)4)17-11-9-16(10-12-17)14(2)3/h5-13H,2H2,1,3-4H3/b6-5-. The predicted molar refractivity (Wildman–Crippen MR) is 86.0 cm³/mol. The van der Waals surface area contributed by atoms with Crippen molar-refractivity contribution in [3.63, 3.8) is 0 Å². The molecule has 2 rings (SSSR count). The second-order valence-corrected chi connectivity index (χ2v) is 4.93. The molecule has 0 N–H and O–H groups in total. The monoisotopic (exact) mass is 248 g/mol. The van der Waals surface area contributed by atoms with Gasteiger partial charge in [-0.15, -0.1) is 0 Å². The molecular weight excluding hydrogens is 228 g/mol. The van der Waals surface area contributed by atoms with Gasteiger partial charge in [0, 0.05) is 0 Å². The Bertz CT molecular complexity index is 613. The van der Waals surface area contributed by atoms with Crippen LogP contribution in [0.1, 0.15) is 30.5 Å². The number of allylic oxidation sites excluding steroid dienone is 2. The van der Waals surface area contributed by atoms with Crippen LogP contribution < -0.4 is 0 Å². The molecule has 0 amide bonds. The highest BCUT2D eigenvalue weighted by Crippen LogP contribution is 2.24. The Kier molecular flexibility index (Phi) is 4.01. The van der Waals surface area contributed by atoms with Gasteiger partial charge in [-0.2, -0.15) is 0 Å². The highest BCUT2D eigenvalue weighted by Gasteiger charge is 2.01. The summed E-state index contributed by atoms with van der Waals surface area (Å²) in [5.41, 5.74) is 7.39. The predicted octanol–water partition coefficient (Wildman–Crippen LogP) is 5.73. The van der Waals surface area contributed by atoms with Crippen molar-refractivity contribution in [2.75, 3.05) is 0 Å². The summed E-state index contributed by atoms with van der Waals surface area (Å²) < 4.78 is 0. The van der Waals surface area contributed by atoms with Gasteiger partial charge in [-0.3, -0.25) is 0 Å². The molecule has 0 fully saturated rings.